The van der Waals surface area contributed by atoms with E-state index in [4.69, 9.17) is 11.6 Å². The summed E-state index contributed by atoms with van der Waals surface area (Å²) in [6, 6.07) is 7.78. The lowest BCUT2D eigenvalue weighted by Gasteiger charge is -2.17. The molecule has 0 unspecified atom stereocenters. The van der Waals surface area contributed by atoms with E-state index in [0.717, 1.165) is 11.4 Å². The molecule has 1 nitrogen and oxygen atoms in total. The van der Waals surface area contributed by atoms with Crippen LogP contribution in [0.3, 0.4) is 0 Å². The molecule has 0 heterocycles. The fraction of sp³-hybridized carbons (Fsp3) is 0.538. The van der Waals surface area contributed by atoms with Crippen molar-refractivity contribution in [3.8, 4) is 0 Å². The van der Waals surface area contributed by atoms with Gasteiger partial charge in [0.25, 0.3) is 0 Å². The maximum atomic E-state index is 10.0. The smallest absolute Gasteiger partial charge is 0.0608 e. The van der Waals surface area contributed by atoms with Crippen molar-refractivity contribution in [3.63, 3.8) is 0 Å². The maximum Gasteiger partial charge on any atom is 0.0608 e. The first-order chi connectivity index (χ1) is 7.25. The van der Waals surface area contributed by atoms with Crippen LogP contribution in [-0.4, -0.2) is 11.2 Å². The molecule has 1 fully saturated rings. The molecule has 0 spiro atoms. The second-order valence-corrected chi connectivity index (χ2v) is 4.88. The predicted octanol–water partition coefficient (Wildman–Crippen LogP) is 3.43. The number of aliphatic hydroxyl groups is 1. The van der Waals surface area contributed by atoms with Crippen molar-refractivity contribution < 1.29 is 5.11 Å². The van der Waals surface area contributed by atoms with Gasteiger partial charge in [-0.3, -0.25) is 0 Å². The largest absolute Gasteiger partial charge is 0.392 e. The summed E-state index contributed by atoms with van der Waals surface area (Å²) in [5.74, 6) is 0.515. The molecule has 1 aromatic carbocycles. The number of hydrogen-bond donors (Lipinski definition) is 1. The standard InChI is InChI=1S/C13H17ClO/c14-12-7-5-10(6-8-12)9-13(15)11-3-1-2-4-11/h5-8,11,13,15H,1-4,9H2/t13-/m1/s1. The molecule has 15 heavy (non-hydrogen) atoms. The molecule has 1 atom stereocenters. The SMILES string of the molecule is O[C@H](Cc1ccc(Cl)cc1)C1CCCC1. The van der Waals surface area contributed by atoms with Crippen molar-refractivity contribution >= 4 is 11.6 Å². The average molecular weight is 225 g/mol. The van der Waals surface area contributed by atoms with Crippen molar-refractivity contribution in [2.75, 3.05) is 0 Å². The van der Waals surface area contributed by atoms with Crippen LogP contribution in [0.5, 0.6) is 0 Å². The van der Waals surface area contributed by atoms with Crippen LogP contribution < -0.4 is 0 Å². The van der Waals surface area contributed by atoms with E-state index in [9.17, 15) is 5.11 Å². The first-order valence-electron chi connectivity index (χ1n) is 5.68. The van der Waals surface area contributed by atoms with Gasteiger partial charge in [-0.2, -0.15) is 0 Å². The average Bonchev–Trinajstić information content (AvgIpc) is 2.74. The number of halogens is 1. The van der Waals surface area contributed by atoms with E-state index in [-0.39, 0.29) is 6.10 Å². The molecule has 1 aliphatic carbocycles. The molecule has 2 heteroatoms. The van der Waals surface area contributed by atoms with Gasteiger partial charge in [-0.15, -0.1) is 0 Å². The van der Waals surface area contributed by atoms with Crippen molar-refractivity contribution in [1.29, 1.82) is 0 Å². The highest BCUT2D eigenvalue weighted by molar-refractivity contribution is 6.30. The van der Waals surface area contributed by atoms with Crippen LogP contribution in [0.25, 0.3) is 0 Å². The summed E-state index contributed by atoms with van der Waals surface area (Å²) >= 11 is 5.81. The Morgan fingerprint density at radius 3 is 2.40 bits per heavy atom. The number of aliphatic hydroxyl groups excluding tert-OH is 1. The van der Waals surface area contributed by atoms with Crippen LogP contribution >= 0.6 is 11.6 Å². The van der Waals surface area contributed by atoms with Crippen molar-refractivity contribution in [2.24, 2.45) is 5.92 Å². The lowest BCUT2D eigenvalue weighted by atomic mass is 9.95. The molecule has 0 aliphatic heterocycles. The van der Waals surface area contributed by atoms with Gasteiger partial charge >= 0.3 is 0 Å². The Labute approximate surface area is 96.1 Å². The third-order valence-corrected chi connectivity index (χ3v) is 3.55. The maximum absolute atomic E-state index is 10.0. The number of rotatable bonds is 3. The summed E-state index contributed by atoms with van der Waals surface area (Å²) in [6.45, 7) is 0. The summed E-state index contributed by atoms with van der Waals surface area (Å²) in [6.07, 6.45) is 5.53. The fourth-order valence-corrected chi connectivity index (χ4v) is 2.50. The van der Waals surface area contributed by atoms with Crippen molar-refractivity contribution in [3.05, 3.63) is 34.9 Å². The Bertz CT molecular complexity index is 301. The molecule has 82 valence electrons. The van der Waals surface area contributed by atoms with Gasteiger partial charge in [-0.05, 0) is 42.9 Å². The van der Waals surface area contributed by atoms with Crippen LogP contribution in [0.15, 0.2) is 24.3 Å². The summed E-state index contributed by atoms with van der Waals surface area (Å²) in [7, 11) is 0. The number of benzene rings is 1. The molecule has 0 bridgehead atoms. The van der Waals surface area contributed by atoms with E-state index in [0.29, 0.717) is 5.92 Å². The summed E-state index contributed by atoms with van der Waals surface area (Å²) < 4.78 is 0. The zero-order valence-corrected chi connectivity index (χ0v) is 9.58. The van der Waals surface area contributed by atoms with Crippen molar-refractivity contribution in [2.45, 2.75) is 38.2 Å². The highest BCUT2D eigenvalue weighted by Gasteiger charge is 2.22. The lowest BCUT2D eigenvalue weighted by Crippen LogP contribution is -2.20. The van der Waals surface area contributed by atoms with Gasteiger partial charge in [0.2, 0.25) is 0 Å². The van der Waals surface area contributed by atoms with Gasteiger partial charge in [0.1, 0.15) is 0 Å². The van der Waals surface area contributed by atoms with Gasteiger partial charge in [-0.1, -0.05) is 36.6 Å². The quantitative estimate of drug-likeness (QED) is 0.834. The first-order valence-corrected chi connectivity index (χ1v) is 6.06. The topological polar surface area (TPSA) is 20.2 Å². The summed E-state index contributed by atoms with van der Waals surface area (Å²) in [5.41, 5.74) is 1.18. The van der Waals surface area contributed by atoms with Gasteiger partial charge in [0.15, 0.2) is 0 Å². The van der Waals surface area contributed by atoms with Crippen LogP contribution in [0.1, 0.15) is 31.2 Å². The molecule has 1 saturated carbocycles. The minimum atomic E-state index is -0.173. The van der Waals surface area contributed by atoms with E-state index in [2.05, 4.69) is 0 Å². The zero-order chi connectivity index (χ0) is 10.7. The summed E-state index contributed by atoms with van der Waals surface area (Å²) in [4.78, 5) is 0. The van der Waals surface area contributed by atoms with Crippen molar-refractivity contribution in [1.82, 2.24) is 0 Å². The van der Waals surface area contributed by atoms with E-state index in [1.54, 1.807) is 0 Å². The minimum Gasteiger partial charge on any atom is -0.392 e. The van der Waals surface area contributed by atoms with Gasteiger partial charge in [0, 0.05) is 5.02 Å². The Kier molecular flexibility index (Phi) is 3.66. The predicted molar refractivity (Wildman–Crippen MR) is 63.1 cm³/mol. The molecule has 1 aliphatic rings. The molecule has 0 radical (unpaired) electrons. The Balaban J connectivity index is 1.92. The normalized spacial score (nSPS) is 19.3. The Hall–Kier alpha value is -0.530. The molecule has 0 aromatic heterocycles. The molecular weight excluding hydrogens is 208 g/mol. The van der Waals surface area contributed by atoms with Crippen LogP contribution in [0.2, 0.25) is 5.02 Å². The van der Waals surface area contributed by atoms with Crippen LogP contribution in [0, 0.1) is 5.92 Å². The molecule has 0 amide bonds. The summed E-state index contributed by atoms with van der Waals surface area (Å²) in [5, 5.41) is 10.8. The monoisotopic (exact) mass is 224 g/mol. The van der Waals surface area contributed by atoms with E-state index < -0.39 is 0 Å². The lowest BCUT2D eigenvalue weighted by molar-refractivity contribution is 0.111. The minimum absolute atomic E-state index is 0.173. The van der Waals surface area contributed by atoms with E-state index in [1.165, 1.54) is 31.2 Å². The van der Waals surface area contributed by atoms with Crippen LogP contribution in [-0.2, 0) is 6.42 Å². The number of hydrogen-bond acceptors (Lipinski definition) is 1. The van der Waals surface area contributed by atoms with E-state index in [1.807, 2.05) is 24.3 Å². The highest BCUT2D eigenvalue weighted by atomic mass is 35.5. The van der Waals surface area contributed by atoms with Gasteiger partial charge in [-0.25, -0.2) is 0 Å². The first kappa shape index (κ1) is 11.0. The highest BCUT2D eigenvalue weighted by Crippen LogP contribution is 2.29. The van der Waals surface area contributed by atoms with E-state index >= 15 is 0 Å². The third-order valence-electron chi connectivity index (χ3n) is 3.30. The third kappa shape index (κ3) is 2.96. The second kappa shape index (κ2) is 5.00. The molecular formula is C13H17ClO. The Morgan fingerprint density at radius 2 is 1.80 bits per heavy atom. The molecule has 2 rings (SSSR count). The zero-order valence-electron chi connectivity index (χ0n) is 8.82. The molecule has 1 N–H and O–H groups in total. The van der Waals surface area contributed by atoms with Crippen LogP contribution in [0.4, 0.5) is 0 Å². The fourth-order valence-electron chi connectivity index (χ4n) is 2.37. The molecule has 0 saturated heterocycles. The second-order valence-electron chi connectivity index (χ2n) is 4.44. The Morgan fingerprint density at radius 1 is 1.20 bits per heavy atom. The molecule has 1 aromatic rings. The van der Waals surface area contributed by atoms with Gasteiger partial charge < -0.3 is 5.11 Å². The van der Waals surface area contributed by atoms with Gasteiger partial charge in [0.05, 0.1) is 6.10 Å².